The summed E-state index contributed by atoms with van der Waals surface area (Å²) in [5.41, 5.74) is 3.31. The number of hydrogen-bond donors (Lipinski definition) is 1. The highest BCUT2D eigenvalue weighted by Gasteiger charge is 2.45. The second-order valence-electron chi connectivity index (χ2n) is 7.76. The maximum absolute atomic E-state index is 13.2. The molecule has 3 aromatic heterocycles. The number of aryl methyl sites for hydroxylation is 1. The van der Waals surface area contributed by atoms with Gasteiger partial charge in [0.1, 0.15) is 11.3 Å². The van der Waals surface area contributed by atoms with Crippen LogP contribution in [0, 0.1) is 12.3 Å². The van der Waals surface area contributed by atoms with Crippen molar-refractivity contribution in [3.8, 4) is 11.8 Å². The first-order chi connectivity index (χ1) is 13.8. The second-order valence-corrected chi connectivity index (χ2v) is 8.59. The third-order valence-electron chi connectivity index (χ3n) is 5.06. The number of amides is 1. The largest absolute Gasteiger partial charge is 0.420 e. The Morgan fingerprint density at radius 2 is 1.83 bits per heavy atom. The van der Waals surface area contributed by atoms with Crippen LogP contribution in [0.2, 0.25) is 0 Å². The van der Waals surface area contributed by atoms with E-state index in [0.29, 0.717) is 16.9 Å². The molecule has 1 unspecified atom stereocenters. The third-order valence-corrected chi connectivity index (χ3v) is 5.67. The molecule has 8 nitrogen and oxygen atoms in total. The van der Waals surface area contributed by atoms with Crippen molar-refractivity contribution in [1.29, 1.82) is 0 Å². The van der Waals surface area contributed by atoms with E-state index in [1.165, 1.54) is 11.3 Å². The number of fused-ring (bicyclic) bond motifs is 2. The first-order valence-corrected chi connectivity index (χ1v) is 10.1. The number of anilines is 2. The second kappa shape index (κ2) is 7.07. The molecule has 1 aliphatic heterocycles. The third kappa shape index (κ3) is 3.42. The first kappa shape index (κ1) is 19.3. The normalized spacial score (nSPS) is 15.1. The fourth-order valence-electron chi connectivity index (χ4n) is 3.49. The van der Waals surface area contributed by atoms with E-state index in [2.05, 4.69) is 25.5 Å². The Labute approximate surface area is 173 Å². The van der Waals surface area contributed by atoms with Gasteiger partial charge in [0.05, 0.1) is 5.41 Å². The van der Waals surface area contributed by atoms with Crippen molar-refractivity contribution in [2.75, 3.05) is 24.3 Å². The fraction of sp³-hybridized carbons (Fsp3) is 0.350. The van der Waals surface area contributed by atoms with Crippen molar-refractivity contribution < 1.29 is 9.53 Å². The van der Waals surface area contributed by atoms with Crippen LogP contribution >= 0.6 is 11.3 Å². The molecule has 0 spiro atoms. The topological polar surface area (TPSA) is 93.1 Å². The molecule has 1 atom stereocenters. The van der Waals surface area contributed by atoms with Gasteiger partial charge in [-0.15, -0.1) is 10.2 Å². The lowest BCUT2D eigenvalue weighted by Gasteiger charge is -2.37. The van der Waals surface area contributed by atoms with Crippen LogP contribution in [0.5, 0.6) is 11.8 Å². The van der Waals surface area contributed by atoms with E-state index < -0.39 is 5.41 Å². The van der Waals surface area contributed by atoms with E-state index in [9.17, 15) is 4.79 Å². The van der Waals surface area contributed by atoms with Crippen LogP contribution in [-0.2, 0) is 4.79 Å². The van der Waals surface area contributed by atoms with Gasteiger partial charge < -0.3 is 15.0 Å². The highest BCUT2D eigenvalue weighted by Crippen LogP contribution is 2.51. The summed E-state index contributed by atoms with van der Waals surface area (Å²) >= 11 is 1.28. The van der Waals surface area contributed by atoms with E-state index in [1.807, 2.05) is 64.0 Å². The van der Waals surface area contributed by atoms with Crippen LogP contribution in [0.4, 0.5) is 10.9 Å². The molecule has 1 aliphatic rings. The monoisotopic (exact) mass is 410 g/mol. The number of hydrogen-bond acceptors (Lipinski definition) is 8. The number of aromatic nitrogens is 4. The minimum Gasteiger partial charge on any atom is -0.420 e. The fourth-order valence-corrected chi connectivity index (χ4v) is 3.93. The van der Waals surface area contributed by atoms with Crippen molar-refractivity contribution in [3.63, 3.8) is 0 Å². The molecule has 4 heterocycles. The number of carbonyl (C=O) groups is 1. The molecule has 0 fully saturated rings. The van der Waals surface area contributed by atoms with Crippen molar-refractivity contribution in [2.24, 2.45) is 5.41 Å². The Kier molecular flexibility index (Phi) is 4.70. The maximum Gasteiger partial charge on any atom is 0.232 e. The Morgan fingerprint density at radius 1 is 1.14 bits per heavy atom. The van der Waals surface area contributed by atoms with Crippen LogP contribution < -0.4 is 15.0 Å². The molecule has 0 saturated carbocycles. The summed E-state index contributed by atoms with van der Waals surface area (Å²) in [7, 11) is 3.84. The summed E-state index contributed by atoms with van der Waals surface area (Å²) in [4.78, 5) is 24.3. The smallest absolute Gasteiger partial charge is 0.232 e. The molecular formula is C20H22N6O2S. The van der Waals surface area contributed by atoms with E-state index >= 15 is 0 Å². The van der Waals surface area contributed by atoms with Crippen molar-refractivity contribution in [3.05, 3.63) is 46.6 Å². The van der Waals surface area contributed by atoms with Crippen LogP contribution in [-0.4, -0.2) is 40.2 Å². The van der Waals surface area contributed by atoms with Gasteiger partial charge in [0.2, 0.25) is 22.8 Å². The number of rotatable bonds is 4. The molecule has 9 heteroatoms. The van der Waals surface area contributed by atoms with Gasteiger partial charge in [-0.25, -0.2) is 4.98 Å². The standard InChI is InChI=1S/C20H22N6O2S/c1-11-6-7-12-15(20(2,3)18(27)24-19-25-21-10-29-19)13-8-9-14(26(4)5)23-17(13)28-16(12)22-11/h6-10,15H,1-5H3,(H,24,25,27). The van der Waals surface area contributed by atoms with Crippen LogP contribution in [0.3, 0.4) is 0 Å². The summed E-state index contributed by atoms with van der Waals surface area (Å²) in [6.45, 7) is 5.73. The maximum atomic E-state index is 13.2. The van der Waals surface area contributed by atoms with Gasteiger partial charge in [-0.3, -0.25) is 4.79 Å². The Balaban J connectivity index is 1.82. The molecule has 29 heavy (non-hydrogen) atoms. The number of carbonyl (C=O) groups excluding carboxylic acids is 1. The summed E-state index contributed by atoms with van der Waals surface area (Å²) in [6.07, 6.45) is 0. The van der Waals surface area contributed by atoms with Gasteiger partial charge in [-0.2, -0.15) is 4.98 Å². The van der Waals surface area contributed by atoms with Crippen LogP contribution in [0.15, 0.2) is 29.8 Å². The van der Waals surface area contributed by atoms with Crippen molar-refractivity contribution in [2.45, 2.75) is 26.7 Å². The Morgan fingerprint density at radius 3 is 2.48 bits per heavy atom. The molecule has 1 amide bonds. The summed E-state index contributed by atoms with van der Waals surface area (Å²) in [5.74, 6) is 1.29. The molecule has 0 radical (unpaired) electrons. The summed E-state index contributed by atoms with van der Waals surface area (Å²) in [5, 5.41) is 11.1. The van der Waals surface area contributed by atoms with Gasteiger partial charge in [0.25, 0.3) is 0 Å². The van der Waals surface area contributed by atoms with Gasteiger partial charge in [-0.1, -0.05) is 31.3 Å². The SMILES string of the molecule is Cc1ccc2c(n1)Oc1nc(N(C)C)ccc1C2C(C)(C)C(=O)Nc1nncs1. The van der Waals surface area contributed by atoms with E-state index in [-0.39, 0.29) is 11.8 Å². The molecular weight excluding hydrogens is 388 g/mol. The lowest BCUT2D eigenvalue weighted by Crippen LogP contribution is -2.38. The predicted molar refractivity (Wildman–Crippen MR) is 112 cm³/mol. The van der Waals surface area contributed by atoms with Crippen molar-refractivity contribution >= 4 is 28.2 Å². The number of pyridine rings is 2. The number of ether oxygens (including phenoxy) is 1. The molecule has 0 aliphatic carbocycles. The zero-order chi connectivity index (χ0) is 20.8. The minimum absolute atomic E-state index is 0.157. The van der Waals surface area contributed by atoms with Crippen LogP contribution in [0.1, 0.15) is 36.6 Å². The minimum atomic E-state index is -0.822. The Hall–Kier alpha value is -3.07. The van der Waals surface area contributed by atoms with E-state index in [4.69, 9.17) is 4.74 Å². The first-order valence-electron chi connectivity index (χ1n) is 9.18. The van der Waals surface area contributed by atoms with Crippen LogP contribution in [0.25, 0.3) is 0 Å². The zero-order valence-corrected chi connectivity index (χ0v) is 17.7. The van der Waals surface area contributed by atoms with E-state index in [0.717, 1.165) is 22.6 Å². The average molecular weight is 411 g/mol. The highest BCUT2D eigenvalue weighted by atomic mass is 32.1. The number of nitrogens with one attached hydrogen (secondary N) is 1. The zero-order valence-electron chi connectivity index (χ0n) is 16.9. The summed E-state index contributed by atoms with van der Waals surface area (Å²) < 4.78 is 6.06. The Bertz CT molecular complexity index is 1060. The molecule has 150 valence electrons. The summed E-state index contributed by atoms with van der Waals surface area (Å²) in [6, 6.07) is 7.82. The van der Waals surface area contributed by atoms with Crippen molar-refractivity contribution in [1.82, 2.24) is 20.2 Å². The molecule has 0 saturated heterocycles. The molecule has 4 rings (SSSR count). The quantitative estimate of drug-likeness (QED) is 0.702. The number of nitrogens with zero attached hydrogens (tertiary/aromatic N) is 5. The van der Waals surface area contributed by atoms with Gasteiger partial charge in [0.15, 0.2) is 0 Å². The highest BCUT2D eigenvalue weighted by molar-refractivity contribution is 7.13. The molecule has 3 aromatic rings. The van der Waals surface area contributed by atoms with E-state index in [1.54, 1.807) is 5.51 Å². The molecule has 1 N–H and O–H groups in total. The molecule has 0 aromatic carbocycles. The van der Waals surface area contributed by atoms with Gasteiger partial charge >= 0.3 is 0 Å². The predicted octanol–water partition coefficient (Wildman–Crippen LogP) is 3.61. The lowest BCUT2D eigenvalue weighted by molar-refractivity contribution is -0.124. The molecule has 0 bridgehead atoms. The van der Waals surface area contributed by atoms with Gasteiger partial charge in [0, 0.05) is 36.8 Å². The average Bonchev–Trinajstić information content (AvgIpc) is 3.18. The lowest BCUT2D eigenvalue weighted by atomic mass is 9.70. The van der Waals surface area contributed by atoms with Gasteiger partial charge in [-0.05, 0) is 25.1 Å².